The van der Waals surface area contributed by atoms with Crippen molar-refractivity contribution in [1.82, 2.24) is 9.88 Å². The molecule has 0 aliphatic carbocycles. The number of thiazole rings is 1. The van der Waals surface area contributed by atoms with E-state index in [-0.39, 0.29) is 24.8 Å². The number of hydrogen-bond acceptors (Lipinski definition) is 6. The fraction of sp³-hybridized carbons (Fsp3) is 0.316. The summed E-state index contributed by atoms with van der Waals surface area (Å²) < 4.78 is 0. The van der Waals surface area contributed by atoms with Gasteiger partial charge in [0.2, 0.25) is 5.91 Å². The number of aromatic nitrogens is 1. The number of carboxylic acid groups (broad SMARTS) is 2. The van der Waals surface area contributed by atoms with E-state index in [1.807, 2.05) is 0 Å². The summed E-state index contributed by atoms with van der Waals surface area (Å²) >= 11 is 7.01. The summed E-state index contributed by atoms with van der Waals surface area (Å²) in [5, 5.41) is 22.2. The Labute approximate surface area is 180 Å². The van der Waals surface area contributed by atoms with E-state index in [9.17, 15) is 29.4 Å². The van der Waals surface area contributed by atoms with Crippen LogP contribution in [0.15, 0.2) is 35.8 Å². The van der Waals surface area contributed by atoms with Crippen LogP contribution in [-0.2, 0) is 14.4 Å². The zero-order valence-corrected chi connectivity index (χ0v) is 17.1. The second-order valence-electron chi connectivity index (χ2n) is 6.95. The molecule has 2 amide bonds. The van der Waals surface area contributed by atoms with E-state index in [2.05, 4.69) is 4.98 Å². The van der Waals surface area contributed by atoms with E-state index >= 15 is 0 Å². The maximum absolute atomic E-state index is 13.5. The quantitative estimate of drug-likeness (QED) is 0.583. The van der Waals surface area contributed by atoms with Gasteiger partial charge in [0.1, 0.15) is 10.5 Å². The molecule has 3 atom stereocenters. The summed E-state index contributed by atoms with van der Waals surface area (Å²) in [5.41, 5.74) is 3.42. The zero-order chi connectivity index (χ0) is 22.1. The topological polar surface area (TPSA) is 151 Å². The molecule has 9 nitrogen and oxygen atoms in total. The number of halogens is 1. The Morgan fingerprint density at radius 1 is 1.23 bits per heavy atom. The van der Waals surface area contributed by atoms with Crippen molar-refractivity contribution in [2.24, 2.45) is 11.7 Å². The first-order chi connectivity index (χ1) is 14.2. The SMILES string of the molecule is NC(=O)CCC1(C(=O)O)CC(C(=O)O)C(c2nccs2)N1C(=O)c1ccc(Cl)cc1. The van der Waals surface area contributed by atoms with Crippen LogP contribution in [0.3, 0.4) is 0 Å². The lowest BCUT2D eigenvalue weighted by Gasteiger charge is -2.37. The lowest BCUT2D eigenvalue weighted by Crippen LogP contribution is -2.54. The summed E-state index contributed by atoms with van der Waals surface area (Å²) in [5.74, 6) is -5.33. The summed E-state index contributed by atoms with van der Waals surface area (Å²) in [6.45, 7) is 0. The van der Waals surface area contributed by atoms with Gasteiger partial charge in [-0.2, -0.15) is 0 Å². The monoisotopic (exact) mass is 451 g/mol. The maximum Gasteiger partial charge on any atom is 0.329 e. The number of amides is 2. The third-order valence-corrected chi connectivity index (χ3v) is 6.29. The van der Waals surface area contributed by atoms with E-state index in [1.54, 1.807) is 5.38 Å². The van der Waals surface area contributed by atoms with E-state index in [0.717, 1.165) is 16.2 Å². The Bertz CT molecular complexity index is 981. The molecule has 0 bridgehead atoms. The smallest absolute Gasteiger partial charge is 0.329 e. The van der Waals surface area contributed by atoms with Crippen molar-refractivity contribution in [1.29, 1.82) is 0 Å². The van der Waals surface area contributed by atoms with E-state index < -0.39 is 41.3 Å². The fourth-order valence-electron chi connectivity index (χ4n) is 3.81. The molecule has 1 saturated heterocycles. The Hall–Kier alpha value is -2.98. The lowest BCUT2D eigenvalue weighted by molar-refractivity contribution is -0.149. The van der Waals surface area contributed by atoms with Crippen molar-refractivity contribution in [3.63, 3.8) is 0 Å². The number of aliphatic carboxylic acids is 2. The molecule has 2 aromatic rings. The number of carbonyl (C=O) groups excluding carboxylic acids is 2. The van der Waals surface area contributed by atoms with Crippen LogP contribution in [0, 0.1) is 5.92 Å². The molecule has 4 N–H and O–H groups in total. The second kappa shape index (κ2) is 8.41. The highest BCUT2D eigenvalue weighted by Crippen LogP contribution is 2.50. The van der Waals surface area contributed by atoms with Gasteiger partial charge in [-0.25, -0.2) is 9.78 Å². The van der Waals surface area contributed by atoms with Crippen LogP contribution in [0.25, 0.3) is 0 Å². The molecule has 3 unspecified atom stereocenters. The average Bonchev–Trinajstić information content (AvgIpc) is 3.32. The number of hydrogen-bond donors (Lipinski definition) is 3. The predicted octanol–water partition coefficient (Wildman–Crippen LogP) is 2.17. The van der Waals surface area contributed by atoms with Gasteiger partial charge in [-0.05, 0) is 37.1 Å². The van der Waals surface area contributed by atoms with Crippen molar-refractivity contribution in [2.75, 3.05) is 0 Å². The number of nitrogens with zero attached hydrogens (tertiary/aromatic N) is 2. The molecule has 30 heavy (non-hydrogen) atoms. The van der Waals surface area contributed by atoms with Crippen LogP contribution >= 0.6 is 22.9 Å². The Kier molecular flexibility index (Phi) is 6.09. The number of carbonyl (C=O) groups is 4. The Morgan fingerprint density at radius 3 is 2.40 bits per heavy atom. The lowest BCUT2D eigenvalue weighted by atomic mass is 9.86. The number of carboxylic acids is 2. The van der Waals surface area contributed by atoms with Crippen molar-refractivity contribution in [2.45, 2.75) is 30.8 Å². The third kappa shape index (κ3) is 3.88. The van der Waals surface area contributed by atoms with Gasteiger partial charge < -0.3 is 20.8 Å². The van der Waals surface area contributed by atoms with Crippen molar-refractivity contribution in [3.8, 4) is 0 Å². The van der Waals surface area contributed by atoms with E-state index in [4.69, 9.17) is 17.3 Å². The second-order valence-corrected chi connectivity index (χ2v) is 8.31. The van der Waals surface area contributed by atoms with Crippen LogP contribution < -0.4 is 5.73 Å². The van der Waals surface area contributed by atoms with Crippen LogP contribution in [0.1, 0.15) is 40.7 Å². The van der Waals surface area contributed by atoms with Gasteiger partial charge in [-0.3, -0.25) is 14.4 Å². The highest BCUT2D eigenvalue weighted by molar-refractivity contribution is 7.09. The molecule has 1 aromatic heterocycles. The molecule has 0 spiro atoms. The van der Waals surface area contributed by atoms with Crippen LogP contribution in [0.4, 0.5) is 0 Å². The predicted molar refractivity (Wildman–Crippen MR) is 107 cm³/mol. The van der Waals surface area contributed by atoms with Crippen molar-refractivity contribution < 1.29 is 29.4 Å². The van der Waals surface area contributed by atoms with Gasteiger partial charge in [0.15, 0.2) is 0 Å². The van der Waals surface area contributed by atoms with Gasteiger partial charge in [0.05, 0.1) is 12.0 Å². The van der Waals surface area contributed by atoms with Gasteiger partial charge >= 0.3 is 11.9 Å². The summed E-state index contributed by atoms with van der Waals surface area (Å²) in [6, 6.07) is 4.69. The Balaban J connectivity index is 2.19. The minimum absolute atomic E-state index is 0.136. The highest BCUT2D eigenvalue weighted by atomic mass is 35.5. The molecule has 0 radical (unpaired) electrons. The molecular formula is C19H18ClN3O6S. The van der Waals surface area contributed by atoms with Crippen LogP contribution in [-0.4, -0.2) is 49.4 Å². The zero-order valence-electron chi connectivity index (χ0n) is 15.5. The number of rotatable bonds is 7. The van der Waals surface area contributed by atoms with Crippen molar-refractivity contribution >= 4 is 46.7 Å². The van der Waals surface area contributed by atoms with Crippen molar-refractivity contribution in [3.05, 3.63) is 51.4 Å². The average molecular weight is 452 g/mol. The largest absolute Gasteiger partial charge is 0.481 e. The molecule has 1 aliphatic rings. The molecule has 11 heteroatoms. The molecule has 2 heterocycles. The number of likely N-dealkylation sites (tertiary alicyclic amines) is 1. The fourth-order valence-corrected chi connectivity index (χ4v) is 4.73. The third-order valence-electron chi connectivity index (χ3n) is 5.19. The number of nitrogens with two attached hydrogens (primary N) is 1. The minimum atomic E-state index is -1.94. The summed E-state index contributed by atoms with van der Waals surface area (Å²) in [4.78, 5) is 54.6. The highest BCUT2D eigenvalue weighted by Gasteiger charge is 2.61. The van der Waals surface area contributed by atoms with E-state index in [0.29, 0.717) is 10.0 Å². The number of primary amides is 1. The summed E-state index contributed by atoms with van der Waals surface area (Å²) in [6.07, 6.45) is 0.429. The minimum Gasteiger partial charge on any atom is -0.481 e. The molecule has 158 valence electrons. The van der Waals surface area contributed by atoms with Gasteiger partial charge in [0, 0.05) is 28.6 Å². The first-order valence-corrected chi connectivity index (χ1v) is 10.2. The standard InChI is InChI=1S/C19H18ClN3O6S/c20-11-3-1-10(2-4-11)16(25)23-14(15-22-7-8-30-15)12(17(26)27)9-19(23,18(28)29)6-5-13(21)24/h1-4,7-8,12,14H,5-6,9H2,(H2,21,24)(H,26,27)(H,28,29). The summed E-state index contributed by atoms with van der Waals surface area (Å²) in [7, 11) is 0. The van der Waals surface area contributed by atoms with E-state index in [1.165, 1.54) is 30.5 Å². The van der Waals surface area contributed by atoms with Gasteiger partial charge in [-0.15, -0.1) is 11.3 Å². The van der Waals surface area contributed by atoms with Gasteiger partial charge in [0.25, 0.3) is 5.91 Å². The van der Waals surface area contributed by atoms with Gasteiger partial charge in [-0.1, -0.05) is 11.6 Å². The van der Waals surface area contributed by atoms with Crippen LogP contribution in [0.2, 0.25) is 5.02 Å². The number of benzene rings is 1. The molecule has 3 rings (SSSR count). The van der Waals surface area contributed by atoms with Crippen LogP contribution in [0.5, 0.6) is 0 Å². The first-order valence-electron chi connectivity index (χ1n) is 8.90. The molecule has 1 aromatic carbocycles. The maximum atomic E-state index is 13.5. The molecule has 1 aliphatic heterocycles. The molecular weight excluding hydrogens is 434 g/mol. The Morgan fingerprint density at radius 2 is 1.90 bits per heavy atom. The normalized spacial score (nSPS) is 23.3. The molecule has 0 saturated carbocycles. The molecule has 1 fully saturated rings. The first kappa shape index (κ1) is 21.7.